The highest BCUT2D eigenvalue weighted by molar-refractivity contribution is 5.84. The van der Waals surface area contributed by atoms with Crippen molar-refractivity contribution in [3.8, 4) is 0 Å². The summed E-state index contributed by atoms with van der Waals surface area (Å²) in [4.78, 5) is 21.8. The number of carbonyl (C=O) groups is 2. The van der Waals surface area contributed by atoms with Crippen LogP contribution in [-0.4, -0.2) is 21.8 Å². The minimum Gasteiger partial charge on any atom is -0.273 e. The fourth-order valence-corrected chi connectivity index (χ4v) is 0.860. The van der Waals surface area contributed by atoms with Gasteiger partial charge in [0.2, 0.25) is 11.8 Å². The van der Waals surface area contributed by atoms with Crippen LogP contribution in [0.15, 0.2) is 0 Å². The molecule has 4 nitrogen and oxygen atoms in total. The van der Waals surface area contributed by atoms with Crippen molar-refractivity contribution in [1.82, 2.24) is 10.0 Å². The number of nitrogens with zero attached hydrogens (tertiary/aromatic N) is 2. The van der Waals surface area contributed by atoms with E-state index in [1.54, 1.807) is 0 Å². The van der Waals surface area contributed by atoms with Gasteiger partial charge in [-0.25, -0.2) is 10.0 Å². The summed E-state index contributed by atoms with van der Waals surface area (Å²) in [5.41, 5.74) is 0. The number of rotatable bonds is 0. The van der Waals surface area contributed by atoms with E-state index in [1.165, 1.54) is 0 Å². The molecule has 0 atom stereocenters. The van der Waals surface area contributed by atoms with Gasteiger partial charge in [-0.05, 0) is 6.42 Å². The van der Waals surface area contributed by atoms with Crippen molar-refractivity contribution in [3.63, 3.8) is 0 Å². The SMILES string of the molecule is [CH]N1C(=O)CCCC(=O)N1[CH]. The molecule has 0 bridgehead atoms. The van der Waals surface area contributed by atoms with Gasteiger partial charge in [0.1, 0.15) is 14.1 Å². The number of hydrogen-bond acceptors (Lipinski definition) is 2. The molecule has 0 unspecified atom stereocenters. The first-order valence-electron chi connectivity index (χ1n) is 3.28. The lowest BCUT2D eigenvalue weighted by molar-refractivity contribution is -0.150. The molecule has 1 saturated heterocycles. The van der Waals surface area contributed by atoms with Gasteiger partial charge in [0, 0.05) is 12.8 Å². The Morgan fingerprint density at radius 1 is 1.00 bits per heavy atom. The average molecular weight is 152 g/mol. The zero-order valence-electron chi connectivity index (χ0n) is 5.99. The largest absolute Gasteiger partial charge is 0.273 e. The standard InChI is InChI=1S/C7H8N2O2/c1-8-6(10)4-3-5-7(11)9(8)2/h1-2H,3-5H2. The summed E-state index contributed by atoms with van der Waals surface area (Å²) in [6.45, 7) is 0. The molecule has 1 rings (SSSR count). The van der Waals surface area contributed by atoms with Crippen molar-refractivity contribution in [2.24, 2.45) is 0 Å². The lowest BCUT2D eigenvalue weighted by atomic mass is 10.2. The van der Waals surface area contributed by atoms with Gasteiger partial charge in [-0.15, -0.1) is 0 Å². The molecule has 0 aromatic rings. The molecule has 0 aliphatic carbocycles. The Morgan fingerprint density at radius 3 is 1.73 bits per heavy atom. The summed E-state index contributed by atoms with van der Waals surface area (Å²) in [5, 5.41) is 1.30. The topological polar surface area (TPSA) is 40.6 Å². The van der Waals surface area contributed by atoms with Crippen LogP contribution in [0.1, 0.15) is 19.3 Å². The number of amides is 2. The molecule has 1 aliphatic heterocycles. The third-order valence-corrected chi connectivity index (χ3v) is 1.52. The van der Waals surface area contributed by atoms with Crippen LogP contribution in [0.2, 0.25) is 0 Å². The second-order valence-corrected chi connectivity index (χ2v) is 2.33. The van der Waals surface area contributed by atoms with Crippen LogP contribution >= 0.6 is 0 Å². The second-order valence-electron chi connectivity index (χ2n) is 2.33. The summed E-state index contributed by atoms with van der Waals surface area (Å²) in [7, 11) is 10.4. The molecule has 0 saturated carbocycles. The second kappa shape index (κ2) is 2.90. The molecule has 0 spiro atoms. The lowest BCUT2D eigenvalue weighted by Gasteiger charge is -2.23. The predicted molar refractivity (Wildman–Crippen MR) is 36.1 cm³/mol. The fraction of sp³-hybridized carbons (Fsp3) is 0.429. The lowest BCUT2D eigenvalue weighted by Crippen LogP contribution is -2.39. The van der Waals surface area contributed by atoms with E-state index in [2.05, 4.69) is 0 Å². The van der Waals surface area contributed by atoms with Gasteiger partial charge in [-0.3, -0.25) is 9.59 Å². The molecule has 0 aromatic carbocycles. The van der Waals surface area contributed by atoms with E-state index in [9.17, 15) is 9.59 Å². The van der Waals surface area contributed by atoms with Gasteiger partial charge in [0.15, 0.2) is 0 Å². The van der Waals surface area contributed by atoms with Crippen LogP contribution in [0, 0.1) is 14.1 Å². The summed E-state index contributed by atoms with van der Waals surface area (Å²) in [5.74, 6) is -0.670. The molecule has 0 aromatic heterocycles. The Bertz CT molecular complexity index is 171. The molecule has 1 heterocycles. The molecule has 4 radical (unpaired) electrons. The smallest absolute Gasteiger partial charge is 0.241 e. The quantitative estimate of drug-likeness (QED) is 0.493. The van der Waals surface area contributed by atoms with Crippen molar-refractivity contribution in [2.45, 2.75) is 19.3 Å². The van der Waals surface area contributed by atoms with Gasteiger partial charge in [-0.1, -0.05) is 0 Å². The molecule has 58 valence electrons. The number of hydrogen-bond donors (Lipinski definition) is 0. The monoisotopic (exact) mass is 152 g/mol. The van der Waals surface area contributed by atoms with Crippen LogP contribution in [-0.2, 0) is 9.59 Å². The number of hydrazine groups is 1. The molecule has 1 fully saturated rings. The molecular formula is C7H8N2O2. The zero-order valence-corrected chi connectivity index (χ0v) is 5.99. The first kappa shape index (κ1) is 8.04. The normalized spacial score (nSPS) is 20.5. The van der Waals surface area contributed by atoms with Crippen LogP contribution in [0.25, 0.3) is 0 Å². The molecular weight excluding hydrogens is 144 g/mol. The van der Waals surface area contributed by atoms with Gasteiger partial charge in [0.05, 0.1) is 0 Å². The van der Waals surface area contributed by atoms with Gasteiger partial charge in [-0.2, -0.15) is 0 Å². The summed E-state index contributed by atoms with van der Waals surface area (Å²) < 4.78 is 0. The maximum Gasteiger partial charge on any atom is 0.241 e. The highest BCUT2D eigenvalue weighted by Gasteiger charge is 2.23. The predicted octanol–water partition coefficient (Wildman–Crippen LogP) is 0.0797. The summed E-state index contributed by atoms with van der Waals surface area (Å²) >= 11 is 0. The Balaban J connectivity index is 2.73. The molecule has 4 heteroatoms. The minimum atomic E-state index is -0.335. The van der Waals surface area contributed by atoms with Gasteiger partial charge in [0.25, 0.3) is 0 Å². The zero-order chi connectivity index (χ0) is 8.43. The third-order valence-electron chi connectivity index (χ3n) is 1.52. The Labute approximate surface area is 65.7 Å². The van der Waals surface area contributed by atoms with E-state index in [-0.39, 0.29) is 24.7 Å². The third kappa shape index (κ3) is 1.50. The highest BCUT2D eigenvalue weighted by Crippen LogP contribution is 2.11. The Hall–Kier alpha value is -1.06. The minimum absolute atomic E-state index is 0.274. The van der Waals surface area contributed by atoms with Crippen LogP contribution in [0.5, 0.6) is 0 Å². The summed E-state index contributed by atoms with van der Waals surface area (Å²) in [6.07, 6.45) is 1.06. The number of carbonyl (C=O) groups excluding carboxylic acids is 2. The van der Waals surface area contributed by atoms with Crippen molar-refractivity contribution in [3.05, 3.63) is 14.1 Å². The maximum atomic E-state index is 10.9. The van der Waals surface area contributed by atoms with Crippen molar-refractivity contribution in [2.75, 3.05) is 0 Å². The van der Waals surface area contributed by atoms with E-state index in [0.29, 0.717) is 16.4 Å². The van der Waals surface area contributed by atoms with E-state index in [4.69, 9.17) is 14.1 Å². The van der Waals surface area contributed by atoms with Crippen molar-refractivity contribution < 1.29 is 9.59 Å². The Morgan fingerprint density at radius 2 is 1.36 bits per heavy atom. The first-order chi connectivity index (χ1) is 5.13. The highest BCUT2D eigenvalue weighted by atomic mass is 16.2. The average Bonchev–Trinajstić information content (AvgIpc) is 2.07. The Kier molecular flexibility index (Phi) is 2.12. The van der Waals surface area contributed by atoms with Crippen LogP contribution < -0.4 is 0 Å². The van der Waals surface area contributed by atoms with Crippen LogP contribution in [0.3, 0.4) is 0 Å². The van der Waals surface area contributed by atoms with E-state index >= 15 is 0 Å². The van der Waals surface area contributed by atoms with E-state index < -0.39 is 0 Å². The maximum absolute atomic E-state index is 10.9. The molecule has 11 heavy (non-hydrogen) atoms. The van der Waals surface area contributed by atoms with Gasteiger partial charge >= 0.3 is 0 Å². The van der Waals surface area contributed by atoms with E-state index in [0.717, 1.165) is 0 Å². The van der Waals surface area contributed by atoms with Gasteiger partial charge < -0.3 is 0 Å². The van der Waals surface area contributed by atoms with E-state index in [1.807, 2.05) is 0 Å². The van der Waals surface area contributed by atoms with Crippen molar-refractivity contribution >= 4 is 11.8 Å². The summed E-state index contributed by atoms with van der Waals surface area (Å²) in [6, 6.07) is 0. The molecule has 0 N–H and O–H groups in total. The fourth-order valence-electron chi connectivity index (χ4n) is 0.860. The molecule has 2 amide bonds. The van der Waals surface area contributed by atoms with Crippen LogP contribution in [0.4, 0.5) is 0 Å². The first-order valence-corrected chi connectivity index (χ1v) is 3.28. The van der Waals surface area contributed by atoms with Crippen molar-refractivity contribution in [1.29, 1.82) is 0 Å². The molecule has 1 aliphatic rings.